The van der Waals surface area contributed by atoms with Gasteiger partial charge in [-0.2, -0.15) is 0 Å². The number of nitrogens with one attached hydrogen (secondary N) is 3. The Morgan fingerprint density at radius 2 is 2.07 bits per heavy atom. The number of amides is 2. The molecule has 146 valence electrons. The number of aromatic nitrogens is 2. The van der Waals surface area contributed by atoms with Crippen LogP contribution in [0.15, 0.2) is 9.95 Å². The highest BCUT2D eigenvalue weighted by atomic mass is 32.2. The Balaban J connectivity index is 1.79. The SMILES string of the molecule is CC(=O)NNC(=O)CSc1nc2sc3c(c2c(=O)[nH]1)CC[C@H](C(C)(C)C)C3. The van der Waals surface area contributed by atoms with E-state index in [1.165, 1.54) is 11.8 Å². The Labute approximate surface area is 165 Å². The van der Waals surface area contributed by atoms with Crippen molar-refractivity contribution >= 4 is 45.1 Å². The number of aromatic amines is 1. The fourth-order valence-electron chi connectivity index (χ4n) is 3.30. The summed E-state index contributed by atoms with van der Waals surface area (Å²) in [6.07, 6.45) is 2.98. The van der Waals surface area contributed by atoms with Crippen molar-refractivity contribution in [1.82, 2.24) is 20.8 Å². The summed E-state index contributed by atoms with van der Waals surface area (Å²) in [5.74, 6) is -0.0646. The van der Waals surface area contributed by atoms with Crippen molar-refractivity contribution in [2.75, 3.05) is 5.75 Å². The van der Waals surface area contributed by atoms with Crippen LogP contribution in [-0.2, 0) is 22.4 Å². The Morgan fingerprint density at radius 1 is 1.33 bits per heavy atom. The predicted octanol–water partition coefficient (Wildman–Crippen LogP) is 2.40. The van der Waals surface area contributed by atoms with Gasteiger partial charge in [0, 0.05) is 11.8 Å². The van der Waals surface area contributed by atoms with Crippen LogP contribution in [0.4, 0.5) is 0 Å². The lowest BCUT2D eigenvalue weighted by Gasteiger charge is -2.33. The average Bonchev–Trinajstić information content (AvgIpc) is 2.95. The van der Waals surface area contributed by atoms with Crippen LogP contribution in [0.2, 0.25) is 0 Å². The summed E-state index contributed by atoms with van der Waals surface area (Å²) in [4.78, 5) is 44.4. The highest BCUT2D eigenvalue weighted by molar-refractivity contribution is 7.99. The van der Waals surface area contributed by atoms with E-state index >= 15 is 0 Å². The number of thiophene rings is 1. The molecule has 2 aromatic rings. The number of carbonyl (C=O) groups is 2. The Morgan fingerprint density at radius 3 is 2.74 bits per heavy atom. The summed E-state index contributed by atoms with van der Waals surface area (Å²) in [6, 6.07) is 0. The van der Waals surface area contributed by atoms with Crippen molar-refractivity contribution in [2.45, 2.75) is 52.1 Å². The minimum Gasteiger partial charge on any atom is -0.301 e. The van der Waals surface area contributed by atoms with Crippen molar-refractivity contribution < 1.29 is 9.59 Å². The maximum Gasteiger partial charge on any atom is 0.260 e. The number of thioether (sulfide) groups is 1. The second-order valence-electron chi connectivity index (χ2n) is 7.88. The molecule has 2 heterocycles. The van der Waals surface area contributed by atoms with Gasteiger partial charge in [0.1, 0.15) is 4.83 Å². The molecule has 27 heavy (non-hydrogen) atoms. The molecule has 0 aliphatic heterocycles. The number of hydrogen-bond donors (Lipinski definition) is 3. The zero-order chi connectivity index (χ0) is 19.8. The van der Waals surface area contributed by atoms with Gasteiger partial charge in [0.05, 0.1) is 11.1 Å². The van der Waals surface area contributed by atoms with Gasteiger partial charge in [-0.25, -0.2) is 4.98 Å². The van der Waals surface area contributed by atoms with Gasteiger partial charge in [-0.1, -0.05) is 32.5 Å². The first-order chi connectivity index (χ1) is 12.6. The molecule has 7 nitrogen and oxygen atoms in total. The van der Waals surface area contributed by atoms with E-state index in [9.17, 15) is 14.4 Å². The summed E-state index contributed by atoms with van der Waals surface area (Å²) in [5, 5.41) is 1.12. The first-order valence-corrected chi connectivity index (χ1v) is 10.7. The van der Waals surface area contributed by atoms with Crippen LogP contribution in [0.1, 0.15) is 44.6 Å². The summed E-state index contributed by atoms with van der Waals surface area (Å²) in [6.45, 7) is 8.11. The third kappa shape index (κ3) is 4.52. The van der Waals surface area contributed by atoms with Crippen molar-refractivity contribution in [3.63, 3.8) is 0 Å². The van der Waals surface area contributed by atoms with Gasteiger partial charge in [0.2, 0.25) is 11.8 Å². The summed E-state index contributed by atoms with van der Waals surface area (Å²) < 4.78 is 0. The molecule has 0 fully saturated rings. The quantitative estimate of drug-likeness (QED) is 0.411. The van der Waals surface area contributed by atoms with Gasteiger partial charge in [0.15, 0.2) is 5.16 Å². The molecule has 0 saturated carbocycles. The number of nitrogens with zero attached hydrogens (tertiary/aromatic N) is 1. The molecule has 3 rings (SSSR count). The smallest absolute Gasteiger partial charge is 0.260 e. The third-order valence-electron chi connectivity index (χ3n) is 4.84. The molecule has 9 heteroatoms. The average molecular weight is 409 g/mol. The molecule has 0 spiro atoms. The molecule has 0 saturated heterocycles. The predicted molar refractivity (Wildman–Crippen MR) is 108 cm³/mol. The van der Waals surface area contributed by atoms with Gasteiger partial charge < -0.3 is 4.98 Å². The van der Waals surface area contributed by atoms with Crippen LogP contribution >= 0.6 is 23.1 Å². The molecule has 3 N–H and O–H groups in total. The zero-order valence-electron chi connectivity index (χ0n) is 15.9. The zero-order valence-corrected chi connectivity index (χ0v) is 17.5. The Bertz CT molecular complexity index is 942. The Kier molecular flexibility index (Phi) is 5.62. The number of carbonyl (C=O) groups excluding carboxylic acids is 2. The van der Waals surface area contributed by atoms with Crippen LogP contribution in [0.3, 0.4) is 0 Å². The minimum atomic E-state index is -0.364. The highest BCUT2D eigenvalue weighted by Crippen LogP contribution is 2.42. The molecule has 2 amide bonds. The summed E-state index contributed by atoms with van der Waals surface area (Å²) in [7, 11) is 0. The van der Waals surface area contributed by atoms with Gasteiger partial charge in [-0.05, 0) is 36.2 Å². The number of hydrazine groups is 1. The Hall–Kier alpha value is -1.87. The maximum absolute atomic E-state index is 12.6. The van der Waals surface area contributed by atoms with Gasteiger partial charge >= 0.3 is 0 Å². The largest absolute Gasteiger partial charge is 0.301 e. The van der Waals surface area contributed by atoms with E-state index in [2.05, 4.69) is 41.6 Å². The van der Waals surface area contributed by atoms with Gasteiger partial charge in [-0.15, -0.1) is 11.3 Å². The van der Waals surface area contributed by atoms with E-state index in [0.717, 1.165) is 41.4 Å². The van der Waals surface area contributed by atoms with Gasteiger partial charge in [-0.3, -0.25) is 25.2 Å². The molecule has 0 radical (unpaired) electrons. The molecular weight excluding hydrogens is 384 g/mol. The van der Waals surface area contributed by atoms with Crippen molar-refractivity contribution in [3.8, 4) is 0 Å². The van der Waals surface area contributed by atoms with E-state index in [1.807, 2.05) is 0 Å². The van der Waals surface area contributed by atoms with Gasteiger partial charge in [0.25, 0.3) is 5.56 Å². The first kappa shape index (κ1) is 19.9. The van der Waals surface area contributed by atoms with E-state index in [0.29, 0.717) is 16.5 Å². The van der Waals surface area contributed by atoms with E-state index in [1.54, 1.807) is 11.3 Å². The summed E-state index contributed by atoms with van der Waals surface area (Å²) in [5.41, 5.74) is 5.76. The monoisotopic (exact) mass is 408 g/mol. The molecule has 2 aromatic heterocycles. The minimum absolute atomic E-state index is 0.0475. The number of aryl methyl sites for hydroxylation is 1. The van der Waals surface area contributed by atoms with Crippen LogP contribution in [-0.4, -0.2) is 27.5 Å². The molecule has 1 aliphatic rings. The summed E-state index contributed by atoms with van der Waals surface area (Å²) >= 11 is 2.73. The molecule has 0 aromatic carbocycles. The second-order valence-corrected chi connectivity index (χ2v) is 9.93. The molecule has 0 unspecified atom stereocenters. The first-order valence-electron chi connectivity index (χ1n) is 8.88. The lowest BCUT2D eigenvalue weighted by atomic mass is 9.72. The molecule has 1 aliphatic carbocycles. The van der Waals surface area contributed by atoms with Crippen molar-refractivity contribution in [1.29, 1.82) is 0 Å². The fourth-order valence-corrected chi connectivity index (χ4v) is 5.32. The van der Waals surface area contributed by atoms with Crippen molar-refractivity contribution in [3.05, 3.63) is 20.8 Å². The lowest BCUT2D eigenvalue weighted by molar-refractivity contribution is -0.126. The van der Waals surface area contributed by atoms with Crippen LogP contribution in [0.5, 0.6) is 0 Å². The van der Waals surface area contributed by atoms with E-state index in [4.69, 9.17) is 0 Å². The van der Waals surface area contributed by atoms with E-state index < -0.39 is 0 Å². The van der Waals surface area contributed by atoms with Crippen molar-refractivity contribution in [2.24, 2.45) is 11.3 Å². The third-order valence-corrected chi connectivity index (χ3v) is 6.86. The lowest BCUT2D eigenvalue weighted by Crippen LogP contribution is -2.41. The number of hydrogen-bond acceptors (Lipinski definition) is 6. The molecule has 1 atom stereocenters. The van der Waals surface area contributed by atoms with Crippen LogP contribution in [0, 0.1) is 11.3 Å². The highest BCUT2D eigenvalue weighted by Gasteiger charge is 2.31. The number of H-pyrrole nitrogens is 1. The number of rotatable bonds is 3. The molecular formula is C18H24N4O3S2. The normalized spacial score (nSPS) is 16.8. The topological polar surface area (TPSA) is 104 Å². The van der Waals surface area contributed by atoms with E-state index in [-0.39, 0.29) is 28.5 Å². The van der Waals surface area contributed by atoms with Crippen LogP contribution < -0.4 is 16.4 Å². The standard InChI is InChI=1S/C18H24N4O3S2/c1-9(23)21-22-13(24)8-26-17-19-15(25)14-11-6-5-10(18(2,3)4)7-12(11)27-16(14)20-17/h10H,5-8H2,1-4H3,(H,21,23)(H,22,24)(H,19,20,25)/t10-/m0/s1. The maximum atomic E-state index is 12.6. The molecule has 0 bridgehead atoms. The number of fused-ring (bicyclic) bond motifs is 3. The van der Waals surface area contributed by atoms with Crippen LogP contribution in [0.25, 0.3) is 10.2 Å². The fraction of sp³-hybridized carbons (Fsp3) is 0.556. The second kappa shape index (κ2) is 7.63.